The average molecular weight is 497 g/mol. The van der Waals surface area contributed by atoms with Gasteiger partial charge in [0.25, 0.3) is 5.91 Å². The van der Waals surface area contributed by atoms with E-state index in [1.807, 2.05) is 0 Å². The number of esters is 1. The number of rotatable bonds is 6. The van der Waals surface area contributed by atoms with E-state index in [0.717, 1.165) is 37.0 Å². The Morgan fingerprint density at radius 1 is 1.32 bits per heavy atom. The Kier molecular flexibility index (Phi) is 6.75. The Morgan fingerprint density at radius 3 is 2.82 bits per heavy atom. The molecule has 0 spiro atoms. The molecule has 0 aromatic carbocycles. The second-order valence-electron chi connectivity index (χ2n) is 8.08. The van der Waals surface area contributed by atoms with Crippen LogP contribution in [0.2, 0.25) is 0 Å². The number of hydrogen-bond donors (Lipinski definition) is 3. The molecule has 34 heavy (non-hydrogen) atoms. The van der Waals surface area contributed by atoms with E-state index in [9.17, 15) is 22.8 Å². The maximum Gasteiger partial charge on any atom is 0.490 e. The minimum Gasteiger partial charge on any atom is -0.450 e. The second kappa shape index (κ2) is 9.58. The van der Waals surface area contributed by atoms with Gasteiger partial charge in [-0.15, -0.1) is 11.3 Å². The van der Waals surface area contributed by atoms with Crippen molar-refractivity contribution in [2.75, 3.05) is 10.6 Å². The summed E-state index contributed by atoms with van der Waals surface area (Å²) in [4.78, 5) is 28.8. The lowest BCUT2D eigenvalue weighted by atomic mass is 9.91. The van der Waals surface area contributed by atoms with E-state index in [1.165, 1.54) is 23.7 Å². The van der Waals surface area contributed by atoms with Crippen molar-refractivity contribution in [2.45, 2.75) is 57.0 Å². The van der Waals surface area contributed by atoms with Gasteiger partial charge in [0.15, 0.2) is 5.65 Å². The lowest BCUT2D eigenvalue weighted by Crippen LogP contribution is -2.42. The molecule has 182 valence electrons. The predicted molar refractivity (Wildman–Crippen MR) is 120 cm³/mol. The van der Waals surface area contributed by atoms with Crippen LogP contribution < -0.4 is 16.4 Å². The van der Waals surface area contributed by atoms with Crippen LogP contribution in [0.4, 0.5) is 24.7 Å². The molecule has 0 aliphatic heterocycles. The van der Waals surface area contributed by atoms with Crippen LogP contribution in [0, 0.1) is 0 Å². The molecule has 1 amide bonds. The van der Waals surface area contributed by atoms with Crippen molar-refractivity contribution in [3.8, 4) is 0 Å². The van der Waals surface area contributed by atoms with Crippen LogP contribution in [0.5, 0.6) is 0 Å². The number of thiophene rings is 1. The van der Waals surface area contributed by atoms with Crippen molar-refractivity contribution in [1.82, 2.24) is 14.6 Å². The number of hydrogen-bond acceptors (Lipinski definition) is 8. The lowest BCUT2D eigenvalue weighted by Gasteiger charge is -2.29. The fourth-order valence-electron chi connectivity index (χ4n) is 3.75. The minimum absolute atomic E-state index is 0.0324. The molecular formula is C21H23F3N6O3S. The number of carbonyl (C=O) groups is 2. The van der Waals surface area contributed by atoms with Gasteiger partial charge in [0.05, 0.1) is 11.9 Å². The van der Waals surface area contributed by atoms with Gasteiger partial charge < -0.3 is 21.1 Å². The van der Waals surface area contributed by atoms with Gasteiger partial charge in [-0.05, 0) is 31.9 Å². The van der Waals surface area contributed by atoms with Crippen LogP contribution in [0.3, 0.4) is 0 Å². The highest BCUT2D eigenvalue weighted by molar-refractivity contribution is 7.10. The van der Waals surface area contributed by atoms with Crippen LogP contribution in [0.15, 0.2) is 29.9 Å². The summed E-state index contributed by atoms with van der Waals surface area (Å²) >= 11 is 1.06. The third-order valence-corrected chi connectivity index (χ3v) is 6.65. The molecule has 9 nitrogen and oxygen atoms in total. The molecule has 3 heterocycles. The standard InChI is InChI=1S/C21H23F3N6O3S/c1-11(33-20(32)21(22,23)24)16-8-12(10-34-16)27-19(31)13-9-26-30-7-6-17(29-18(13)30)28-15-5-3-2-4-14(15)25/h6-11,14-15H,2-5,25H2,1H3,(H,27,31)(H,28,29)/t11?,14-,15+/m0/s1. The van der Waals surface area contributed by atoms with Crippen LogP contribution in [-0.2, 0) is 9.53 Å². The molecule has 1 unspecified atom stereocenters. The van der Waals surface area contributed by atoms with E-state index >= 15 is 0 Å². The highest BCUT2D eigenvalue weighted by Gasteiger charge is 2.42. The summed E-state index contributed by atoms with van der Waals surface area (Å²) in [6.07, 6.45) is 0.952. The van der Waals surface area contributed by atoms with E-state index in [0.29, 0.717) is 22.0 Å². The number of aromatic nitrogens is 3. The third kappa shape index (κ3) is 5.30. The predicted octanol–water partition coefficient (Wildman–Crippen LogP) is 3.89. The van der Waals surface area contributed by atoms with Crippen LogP contribution in [0.25, 0.3) is 5.65 Å². The summed E-state index contributed by atoms with van der Waals surface area (Å²) in [5.41, 5.74) is 7.11. The highest BCUT2D eigenvalue weighted by atomic mass is 32.1. The maximum absolute atomic E-state index is 12.9. The van der Waals surface area contributed by atoms with Crippen molar-refractivity contribution >= 4 is 40.4 Å². The number of nitrogens with two attached hydrogens (primary N) is 1. The highest BCUT2D eigenvalue weighted by Crippen LogP contribution is 2.30. The molecule has 0 saturated heterocycles. The number of nitrogens with zero attached hydrogens (tertiary/aromatic N) is 3. The summed E-state index contributed by atoms with van der Waals surface area (Å²) < 4.78 is 43.1. The molecule has 1 fully saturated rings. The molecule has 3 aromatic rings. The molecule has 3 atom stereocenters. The van der Waals surface area contributed by atoms with Gasteiger partial charge in [-0.1, -0.05) is 12.8 Å². The van der Waals surface area contributed by atoms with Gasteiger partial charge in [0.2, 0.25) is 0 Å². The molecular weight excluding hydrogens is 473 g/mol. The van der Waals surface area contributed by atoms with Crippen molar-refractivity contribution in [3.63, 3.8) is 0 Å². The Bertz CT molecular complexity index is 1190. The second-order valence-corrected chi connectivity index (χ2v) is 9.02. The topological polar surface area (TPSA) is 124 Å². The average Bonchev–Trinajstić information content (AvgIpc) is 3.41. The SMILES string of the molecule is CC(OC(=O)C(F)(F)F)c1cc(NC(=O)c2cnn3ccc(N[C@@H]4CCCC[C@@H]4N)nc23)cs1. The molecule has 0 bridgehead atoms. The van der Waals surface area contributed by atoms with Crippen molar-refractivity contribution in [1.29, 1.82) is 0 Å². The Balaban J connectivity index is 1.45. The molecule has 1 saturated carbocycles. The first-order valence-corrected chi connectivity index (χ1v) is 11.5. The molecule has 3 aromatic heterocycles. The van der Waals surface area contributed by atoms with Crippen molar-refractivity contribution in [2.24, 2.45) is 5.73 Å². The largest absolute Gasteiger partial charge is 0.490 e. The zero-order valence-electron chi connectivity index (χ0n) is 18.1. The van der Waals surface area contributed by atoms with E-state index in [4.69, 9.17) is 5.73 Å². The quantitative estimate of drug-likeness (QED) is 0.442. The first-order valence-electron chi connectivity index (χ1n) is 10.7. The van der Waals surface area contributed by atoms with Crippen LogP contribution in [-0.4, -0.2) is 44.7 Å². The van der Waals surface area contributed by atoms with Gasteiger partial charge in [-0.25, -0.2) is 14.3 Å². The third-order valence-electron chi connectivity index (χ3n) is 5.56. The molecule has 4 N–H and O–H groups in total. The molecule has 1 aliphatic carbocycles. The van der Waals surface area contributed by atoms with Gasteiger partial charge >= 0.3 is 12.1 Å². The summed E-state index contributed by atoms with van der Waals surface area (Å²) in [6, 6.07) is 3.34. The number of fused-ring (bicyclic) bond motifs is 1. The monoisotopic (exact) mass is 496 g/mol. The fourth-order valence-corrected chi connectivity index (χ4v) is 4.58. The zero-order valence-corrected chi connectivity index (χ0v) is 18.9. The van der Waals surface area contributed by atoms with Crippen molar-refractivity contribution < 1.29 is 27.5 Å². The van der Waals surface area contributed by atoms with E-state index in [-0.39, 0.29) is 17.6 Å². The zero-order chi connectivity index (χ0) is 24.5. The lowest BCUT2D eigenvalue weighted by molar-refractivity contribution is -0.204. The summed E-state index contributed by atoms with van der Waals surface area (Å²) in [7, 11) is 0. The number of anilines is 2. The molecule has 4 rings (SSSR count). The number of halogens is 3. The summed E-state index contributed by atoms with van der Waals surface area (Å²) in [6.45, 7) is 1.32. The Hall–Kier alpha value is -3.19. The number of ether oxygens (including phenoxy) is 1. The van der Waals surface area contributed by atoms with E-state index < -0.39 is 24.2 Å². The number of carbonyl (C=O) groups excluding carboxylic acids is 2. The van der Waals surface area contributed by atoms with Gasteiger partial charge in [0, 0.05) is 28.5 Å². The number of alkyl halides is 3. The first kappa shape index (κ1) is 24.0. The smallest absolute Gasteiger partial charge is 0.450 e. The number of nitrogens with one attached hydrogen (secondary N) is 2. The Labute approximate surface area is 196 Å². The minimum atomic E-state index is -5.07. The molecule has 1 aliphatic rings. The van der Waals surface area contributed by atoms with Crippen molar-refractivity contribution in [3.05, 3.63) is 40.3 Å². The fraction of sp³-hybridized carbons (Fsp3) is 0.429. The van der Waals surface area contributed by atoms with Gasteiger partial charge in [0.1, 0.15) is 17.5 Å². The van der Waals surface area contributed by atoms with E-state index in [2.05, 4.69) is 25.5 Å². The van der Waals surface area contributed by atoms with E-state index in [1.54, 1.807) is 17.6 Å². The van der Waals surface area contributed by atoms with Gasteiger partial charge in [-0.3, -0.25) is 4.79 Å². The first-order chi connectivity index (χ1) is 16.1. The normalized spacial score (nSPS) is 19.6. The number of amides is 1. The summed E-state index contributed by atoms with van der Waals surface area (Å²) in [5, 5.41) is 11.7. The Morgan fingerprint density at radius 2 is 2.09 bits per heavy atom. The molecule has 0 radical (unpaired) electrons. The van der Waals surface area contributed by atoms with Gasteiger partial charge in [-0.2, -0.15) is 18.3 Å². The summed E-state index contributed by atoms with van der Waals surface area (Å²) in [5.74, 6) is -2.17. The van der Waals surface area contributed by atoms with Crippen LogP contribution >= 0.6 is 11.3 Å². The molecule has 13 heteroatoms. The van der Waals surface area contributed by atoms with Crippen LogP contribution in [0.1, 0.15) is 53.9 Å². The maximum atomic E-state index is 12.9.